The lowest BCUT2D eigenvalue weighted by molar-refractivity contribution is 0.0786. The van der Waals surface area contributed by atoms with Crippen molar-refractivity contribution in [3.05, 3.63) is 50.1 Å². The van der Waals surface area contributed by atoms with Crippen LogP contribution in [0.5, 0.6) is 0 Å². The fourth-order valence-corrected chi connectivity index (χ4v) is 3.54. The molecule has 2 rings (SSSR count). The van der Waals surface area contributed by atoms with Gasteiger partial charge in [-0.3, -0.25) is 4.79 Å². The van der Waals surface area contributed by atoms with Gasteiger partial charge in [0.25, 0.3) is 5.91 Å². The van der Waals surface area contributed by atoms with Crippen LogP contribution in [0, 0.1) is 6.92 Å². The van der Waals surface area contributed by atoms with E-state index in [-0.39, 0.29) is 5.91 Å². The van der Waals surface area contributed by atoms with Gasteiger partial charge < -0.3 is 10.2 Å². The van der Waals surface area contributed by atoms with Crippen LogP contribution in [0.3, 0.4) is 0 Å². The van der Waals surface area contributed by atoms with Gasteiger partial charge in [0.1, 0.15) is 0 Å². The SMILES string of the molecule is CNc1ccc(C(=O)N(C)Cc2cc(Br)cs2)cc1C. The molecule has 0 aliphatic heterocycles. The molecule has 1 amide bonds. The lowest BCUT2D eigenvalue weighted by atomic mass is 10.1. The van der Waals surface area contributed by atoms with Crippen LogP contribution < -0.4 is 5.32 Å². The molecule has 1 aromatic heterocycles. The average Bonchev–Trinajstić information content (AvgIpc) is 2.83. The molecule has 0 atom stereocenters. The number of nitrogens with zero attached hydrogens (tertiary/aromatic N) is 1. The highest BCUT2D eigenvalue weighted by atomic mass is 79.9. The summed E-state index contributed by atoms with van der Waals surface area (Å²) in [5.74, 6) is 0.0419. The molecule has 2 aromatic rings. The van der Waals surface area contributed by atoms with Gasteiger partial charge in [0.15, 0.2) is 0 Å². The maximum Gasteiger partial charge on any atom is 0.253 e. The Balaban J connectivity index is 2.12. The summed E-state index contributed by atoms with van der Waals surface area (Å²) in [5, 5.41) is 5.13. The molecular formula is C15H17BrN2OS. The highest BCUT2D eigenvalue weighted by Crippen LogP contribution is 2.22. The van der Waals surface area contributed by atoms with Gasteiger partial charge in [-0.2, -0.15) is 0 Å². The summed E-state index contributed by atoms with van der Waals surface area (Å²) in [4.78, 5) is 15.3. The van der Waals surface area contributed by atoms with E-state index in [9.17, 15) is 4.79 Å². The van der Waals surface area contributed by atoms with E-state index in [4.69, 9.17) is 0 Å². The monoisotopic (exact) mass is 352 g/mol. The molecule has 5 heteroatoms. The van der Waals surface area contributed by atoms with Crippen LogP contribution in [-0.2, 0) is 6.54 Å². The molecule has 1 heterocycles. The van der Waals surface area contributed by atoms with Gasteiger partial charge in [-0.15, -0.1) is 11.3 Å². The number of aryl methyl sites for hydroxylation is 1. The Labute approximate surface area is 131 Å². The van der Waals surface area contributed by atoms with Crippen LogP contribution in [0.15, 0.2) is 34.1 Å². The molecule has 1 aromatic carbocycles. The summed E-state index contributed by atoms with van der Waals surface area (Å²) in [7, 11) is 3.71. The molecule has 0 bridgehead atoms. The lowest BCUT2D eigenvalue weighted by Crippen LogP contribution is -2.25. The molecule has 0 spiro atoms. The van der Waals surface area contributed by atoms with Crippen molar-refractivity contribution in [2.24, 2.45) is 0 Å². The zero-order valence-electron chi connectivity index (χ0n) is 11.7. The van der Waals surface area contributed by atoms with Crippen molar-refractivity contribution < 1.29 is 4.79 Å². The van der Waals surface area contributed by atoms with Crippen molar-refractivity contribution >= 4 is 38.9 Å². The Bertz CT molecular complexity index is 624. The number of nitrogens with one attached hydrogen (secondary N) is 1. The summed E-state index contributed by atoms with van der Waals surface area (Å²) < 4.78 is 1.06. The Morgan fingerprint density at radius 2 is 2.15 bits per heavy atom. The Hall–Kier alpha value is -1.33. The number of amides is 1. The number of rotatable bonds is 4. The second-order valence-corrected chi connectivity index (χ2v) is 6.58. The summed E-state index contributed by atoms with van der Waals surface area (Å²) in [6, 6.07) is 7.78. The van der Waals surface area contributed by atoms with Gasteiger partial charge in [-0.1, -0.05) is 0 Å². The zero-order valence-corrected chi connectivity index (χ0v) is 14.1. The van der Waals surface area contributed by atoms with Gasteiger partial charge in [-0.05, 0) is 52.7 Å². The Morgan fingerprint density at radius 3 is 2.70 bits per heavy atom. The van der Waals surface area contributed by atoms with Crippen molar-refractivity contribution in [1.29, 1.82) is 0 Å². The van der Waals surface area contributed by atoms with Crippen LogP contribution >= 0.6 is 27.3 Å². The standard InChI is InChI=1S/C15H17BrN2OS/c1-10-6-11(4-5-14(10)17-2)15(19)18(3)8-13-7-12(16)9-20-13/h4-7,9,17H,8H2,1-3H3. The molecule has 0 saturated carbocycles. The zero-order chi connectivity index (χ0) is 14.7. The predicted molar refractivity (Wildman–Crippen MR) is 88.5 cm³/mol. The number of thiophene rings is 1. The number of halogens is 1. The van der Waals surface area contributed by atoms with E-state index in [0.29, 0.717) is 6.54 Å². The molecule has 0 fully saturated rings. The minimum absolute atomic E-state index is 0.0419. The third-order valence-electron chi connectivity index (χ3n) is 3.10. The van der Waals surface area contributed by atoms with E-state index >= 15 is 0 Å². The smallest absolute Gasteiger partial charge is 0.253 e. The quantitative estimate of drug-likeness (QED) is 0.896. The van der Waals surface area contributed by atoms with Gasteiger partial charge in [-0.25, -0.2) is 0 Å². The third-order valence-corrected chi connectivity index (χ3v) is 4.79. The van der Waals surface area contributed by atoms with E-state index in [1.165, 1.54) is 0 Å². The molecule has 0 aliphatic rings. The minimum Gasteiger partial charge on any atom is -0.388 e. The molecule has 0 aliphatic carbocycles. The van der Waals surface area contributed by atoms with Crippen LogP contribution in [0.4, 0.5) is 5.69 Å². The number of hydrogen-bond donors (Lipinski definition) is 1. The first-order valence-corrected chi connectivity index (χ1v) is 7.95. The van der Waals surface area contributed by atoms with Crippen LogP contribution in [0.1, 0.15) is 20.8 Å². The Morgan fingerprint density at radius 1 is 1.40 bits per heavy atom. The fourth-order valence-electron chi connectivity index (χ4n) is 2.04. The number of benzene rings is 1. The average molecular weight is 353 g/mol. The first-order valence-electron chi connectivity index (χ1n) is 6.28. The van der Waals surface area contributed by atoms with Crippen molar-refractivity contribution in [2.45, 2.75) is 13.5 Å². The second-order valence-electron chi connectivity index (χ2n) is 4.67. The van der Waals surface area contributed by atoms with Gasteiger partial charge in [0.2, 0.25) is 0 Å². The first kappa shape index (κ1) is 15.1. The Kier molecular flexibility index (Phi) is 4.83. The molecule has 20 heavy (non-hydrogen) atoms. The lowest BCUT2D eigenvalue weighted by Gasteiger charge is -2.17. The topological polar surface area (TPSA) is 32.3 Å². The number of anilines is 1. The maximum atomic E-state index is 12.4. The van der Waals surface area contributed by atoms with Gasteiger partial charge >= 0.3 is 0 Å². The molecule has 0 saturated heterocycles. The molecule has 0 radical (unpaired) electrons. The van der Waals surface area contributed by atoms with Crippen molar-refractivity contribution in [2.75, 3.05) is 19.4 Å². The maximum absolute atomic E-state index is 12.4. The highest BCUT2D eigenvalue weighted by molar-refractivity contribution is 9.10. The first-order chi connectivity index (χ1) is 9.51. The summed E-state index contributed by atoms with van der Waals surface area (Å²) in [5.41, 5.74) is 2.84. The molecule has 0 unspecified atom stereocenters. The van der Waals surface area contributed by atoms with E-state index in [1.807, 2.05) is 50.7 Å². The highest BCUT2D eigenvalue weighted by Gasteiger charge is 2.13. The molecule has 3 nitrogen and oxygen atoms in total. The van der Waals surface area contributed by atoms with Crippen molar-refractivity contribution in [3.63, 3.8) is 0 Å². The summed E-state index contributed by atoms with van der Waals surface area (Å²) in [6.07, 6.45) is 0. The minimum atomic E-state index is 0.0419. The summed E-state index contributed by atoms with van der Waals surface area (Å²) >= 11 is 5.08. The van der Waals surface area contributed by atoms with Crippen LogP contribution in [0.2, 0.25) is 0 Å². The van der Waals surface area contributed by atoms with E-state index in [2.05, 4.69) is 21.2 Å². The van der Waals surface area contributed by atoms with Crippen molar-refractivity contribution in [1.82, 2.24) is 4.90 Å². The molecular weight excluding hydrogens is 336 g/mol. The number of hydrogen-bond acceptors (Lipinski definition) is 3. The predicted octanol–water partition coefficient (Wildman–Crippen LogP) is 4.13. The van der Waals surface area contributed by atoms with E-state index < -0.39 is 0 Å². The van der Waals surface area contributed by atoms with Crippen LogP contribution in [0.25, 0.3) is 0 Å². The number of carbonyl (C=O) groups excluding carboxylic acids is 1. The van der Waals surface area contributed by atoms with Crippen LogP contribution in [-0.4, -0.2) is 24.9 Å². The number of carbonyl (C=O) groups is 1. The molecule has 106 valence electrons. The largest absolute Gasteiger partial charge is 0.388 e. The molecule has 1 N–H and O–H groups in total. The normalized spacial score (nSPS) is 10.4. The second kappa shape index (κ2) is 6.41. The fraction of sp³-hybridized carbons (Fsp3) is 0.267. The van der Waals surface area contributed by atoms with Gasteiger partial charge in [0.05, 0.1) is 6.54 Å². The van der Waals surface area contributed by atoms with E-state index in [0.717, 1.165) is 26.2 Å². The van der Waals surface area contributed by atoms with Crippen molar-refractivity contribution in [3.8, 4) is 0 Å². The van der Waals surface area contributed by atoms with Gasteiger partial charge in [0, 0.05) is 40.1 Å². The van der Waals surface area contributed by atoms with E-state index in [1.54, 1.807) is 16.2 Å². The third kappa shape index (κ3) is 3.41. The summed E-state index contributed by atoms with van der Waals surface area (Å²) in [6.45, 7) is 2.63.